The molecule has 0 aliphatic rings. The number of methoxy groups -OCH3 is 1. The zero-order valence-corrected chi connectivity index (χ0v) is 9.23. The zero-order chi connectivity index (χ0) is 12.0. The number of hydrogen-bond acceptors (Lipinski definition) is 4. The first-order valence-electron chi connectivity index (χ1n) is 4.87. The number of carboxylic acid groups (broad SMARTS) is 1. The Kier molecular flexibility index (Phi) is 4.39. The molecule has 0 fully saturated rings. The summed E-state index contributed by atoms with van der Waals surface area (Å²) in [5, 5.41) is 10.2. The van der Waals surface area contributed by atoms with Crippen LogP contribution in [-0.4, -0.2) is 19.7 Å². The summed E-state index contributed by atoms with van der Waals surface area (Å²) in [5.74, 6) is -0.0224. The lowest BCUT2D eigenvalue weighted by molar-refractivity contribution is -0.297. The van der Waals surface area contributed by atoms with Gasteiger partial charge in [-0.1, -0.05) is 12.1 Å². The molecule has 0 aliphatic heterocycles. The summed E-state index contributed by atoms with van der Waals surface area (Å²) in [4.78, 5) is 10.2. The summed E-state index contributed by atoms with van der Waals surface area (Å²) in [6, 6.07) is 5.18. The third kappa shape index (κ3) is 3.31. The first-order valence-corrected chi connectivity index (χ1v) is 4.87. The van der Waals surface area contributed by atoms with E-state index in [4.69, 9.17) is 9.47 Å². The van der Waals surface area contributed by atoms with Crippen molar-refractivity contribution < 1.29 is 19.4 Å². The summed E-state index contributed by atoms with van der Waals surface area (Å²) in [7, 11) is 1.53. The smallest absolute Gasteiger partial charge is 0.161 e. The maximum atomic E-state index is 10.2. The van der Waals surface area contributed by atoms with Gasteiger partial charge in [-0.05, 0) is 30.7 Å². The standard InChI is InChI=1S/C12H14O4/c1-3-16-10-6-4-9(5-7-12(13)14)8-11(10)15-2/h4-8H,3H2,1-2H3,(H,13,14)/p-1/b7-5+. The van der Waals surface area contributed by atoms with E-state index in [1.165, 1.54) is 13.2 Å². The van der Waals surface area contributed by atoms with E-state index in [0.29, 0.717) is 23.7 Å². The van der Waals surface area contributed by atoms with Crippen LogP contribution in [0.3, 0.4) is 0 Å². The molecular formula is C12H13O4-. The molecule has 0 amide bonds. The van der Waals surface area contributed by atoms with Crippen molar-refractivity contribution in [2.24, 2.45) is 0 Å². The summed E-state index contributed by atoms with van der Waals surface area (Å²) in [5.41, 5.74) is 0.713. The fourth-order valence-corrected chi connectivity index (χ4v) is 1.23. The van der Waals surface area contributed by atoms with E-state index in [1.807, 2.05) is 6.92 Å². The van der Waals surface area contributed by atoms with Gasteiger partial charge in [0.05, 0.1) is 19.7 Å². The highest BCUT2D eigenvalue weighted by molar-refractivity contribution is 5.83. The predicted molar refractivity (Wildman–Crippen MR) is 58.2 cm³/mol. The van der Waals surface area contributed by atoms with Gasteiger partial charge in [-0.25, -0.2) is 0 Å². The fourth-order valence-electron chi connectivity index (χ4n) is 1.23. The molecule has 0 saturated heterocycles. The van der Waals surface area contributed by atoms with Gasteiger partial charge in [0.2, 0.25) is 0 Å². The lowest BCUT2D eigenvalue weighted by atomic mass is 10.2. The quantitative estimate of drug-likeness (QED) is 0.692. The molecule has 0 aromatic heterocycles. The fraction of sp³-hybridized carbons (Fsp3) is 0.250. The van der Waals surface area contributed by atoms with Gasteiger partial charge in [0.1, 0.15) is 0 Å². The number of carbonyl (C=O) groups is 1. The van der Waals surface area contributed by atoms with Gasteiger partial charge in [-0.3, -0.25) is 0 Å². The molecule has 4 heteroatoms. The van der Waals surface area contributed by atoms with E-state index in [0.717, 1.165) is 6.08 Å². The van der Waals surface area contributed by atoms with Crippen molar-refractivity contribution >= 4 is 12.0 Å². The van der Waals surface area contributed by atoms with Crippen LogP contribution in [0.1, 0.15) is 12.5 Å². The molecule has 0 heterocycles. The molecule has 0 saturated carbocycles. The third-order valence-corrected chi connectivity index (χ3v) is 1.90. The van der Waals surface area contributed by atoms with Crippen LogP contribution in [0.5, 0.6) is 11.5 Å². The van der Waals surface area contributed by atoms with Gasteiger partial charge in [0.15, 0.2) is 11.5 Å². The second-order valence-corrected chi connectivity index (χ2v) is 3.00. The van der Waals surface area contributed by atoms with E-state index in [9.17, 15) is 9.90 Å². The van der Waals surface area contributed by atoms with Crippen molar-refractivity contribution in [2.45, 2.75) is 6.92 Å². The Hall–Kier alpha value is -1.97. The highest BCUT2D eigenvalue weighted by atomic mass is 16.5. The Morgan fingerprint density at radius 3 is 2.75 bits per heavy atom. The van der Waals surface area contributed by atoms with Crippen molar-refractivity contribution in [3.05, 3.63) is 29.8 Å². The molecule has 0 radical (unpaired) electrons. The number of hydrogen-bond donors (Lipinski definition) is 0. The van der Waals surface area contributed by atoms with E-state index in [2.05, 4.69) is 0 Å². The van der Waals surface area contributed by atoms with Crippen molar-refractivity contribution in [1.82, 2.24) is 0 Å². The third-order valence-electron chi connectivity index (χ3n) is 1.90. The molecule has 16 heavy (non-hydrogen) atoms. The minimum absolute atomic E-state index is 0.546. The van der Waals surface area contributed by atoms with Gasteiger partial charge in [0, 0.05) is 0 Å². The van der Waals surface area contributed by atoms with Crippen LogP contribution in [0, 0.1) is 0 Å². The van der Waals surface area contributed by atoms with Crippen LogP contribution in [0.25, 0.3) is 6.08 Å². The van der Waals surface area contributed by atoms with E-state index in [1.54, 1.807) is 18.2 Å². The molecule has 0 bridgehead atoms. The first kappa shape index (κ1) is 12.1. The number of aliphatic carboxylic acids is 1. The number of carboxylic acids is 1. The van der Waals surface area contributed by atoms with Crippen LogP contribution in [0.4, 0.5) is 0 Å². The average Bonchev–Trinajstić information content (AvgIpc) is 2.28. The molecule has 1 rings (SSSR count). The van der Waals surface area contributed by atoms with Gasteiger partial charge >= 0.3 is 0 Å². The second-order valence-electron chi connectivity index (χ2n) is 3.00. The number of benzene rings is 1. The van der Waals surface area contributed by atoms with Gasteiger partial charge in [-0.15, -0.1) is 0 Å². The minimum atomic E-state index is -1.23. The minimum Gasteiger partial charge on any atom is -0.545 e. The molecule has 4 nitrogen and oxygen atoms in total. The molecule has 0 spiro atoms. The molecule has 0 unspecified atom stereocenters. The van der Waals surface area contributed by atoms with E-state index < -0.39 is 5.97 Å². The molecular weight excluding hydrogens is 208 g/mol. The summed E-state index contributed by atoms with van der Waals surface area (Å²) in [6.45, 7) is 2.42. The summed E-state index contributed by atoms with van der Waals surface area (Å²) < 4.78 is 10.5. The zero-order valence-electron chi connectivity index (χ0n) is 9.23. The molecule has 0 atom stereocenters. The topological polar surface area (TPSA) is 58.6 Å². The largest absolute Gasteiger partial charge is 0.545 e. The Balaban J connectivity index is 2.94. The second kappa shape index (κ2) is 5.80. The Labute approximate surface area is 94.1 Å². The first-order chi connectivity index (χ1) is 7.67. The van der Waals surface area contributed by atoms with E-state index in [-0.39, 0.29) is 0 Å². The van der Waals surface area contributed by atoms with Crippen LogP contribution in [0.15, 0.2) is 24.3 Å². The monoisotopic (exact) mass is 221 g/mol. The van der Waals surface area contributed by atoms with Crippen LogP contribution < -0.4 is 14.6 Å². The Morgan fingerprint density at radius 1 is 1.44 bits per heavy atom. The molecule has 0 aliphatic carbocycles. The SMILES string of the molecule is CCOc1ccc(/C=C/C(=O)[O-])cc1OC. The molecule has 1 aromatic carbocycles. The summed E-state index contributed by atoms with van der Waals surface area (Å²) in [6.07, 6.45) is 2.41. The number of carbonyl (C=O) groups excluding carboxylic acids is 1. The lowest BCUT2D eigenvalue weighted by Crippen LogP contribution is -2.18. The predicted octanol–water partition coefficient (Wildman–Crippen LogP) is 0.857. The Morgan fingerprint density at radius 2 is 2.19 bits per heavy atom. The van der Waals surface area contributed by atoms with Crippen molar-refractivity contribution in [3.63, 3.8) is 0 Å². The van der Waals surface area contributed by atoms with Crippen LogP contribution in [0.2, 0.25) is 0 Å². The van der Waals surface area contributed by atoms with Gasteiger partial charge < -0.3 is 19.4 Å². The highest BCUT2D eigenvalue weighted by Crippen LogP contribution is 2.28. The van der Waals surface area contributed by atoms with Crippen LogP contribution in [-0.2, 0) is 4.79 Å². The van der Waals surface area contributed by atoms with Gasteiger partial charge in [0.25, 0.3) is 0 Å². The Bertz CT molecular complexity index is 396. The van der Waals surface area contributed by atoms with Crippen LogP contribution >= 0.6 is 0 Å². The maximum Gasteiger partial charge on any atom is 0.161 e. The molecule has 86 valence electrons. The number of ether oxygens (including phenoxy) is 2. The lowest BCUT2D eigenvalue weighted by Gasteiger charge is -2.09. The molecule has 0 N–H and O–H groups in total. The van der Waals surface area contributed by atoms with Crippen molar-refractivity contribution in [3.8, 4) is 11.5 Å². The normalized spacial score (nSPS) is 10.4. The number of rotatable bonds is 5. The van der Waals surface area contributed by atoms with Crippen molar-refractivity contribution in [2.75, 3.05) is 13.7 Å². The van der Waals surface area contributed by atoms with Crippen molar-refractivity contribution in [1.29, 1.82) is 0 Å². The van der Waals surface area contributed by atoms with Gasteiger partial charge in [-0.2, -0.15) is 0 Å². The maximum absolute atomic E-state index is 10.2. The highest BCUT2D eigenvalue weighted by Gasteiger charge is 2.03. The molecule has 1 aromatic rings. The summed E-state index contributed by atoms with van der Waals surface area (Å²) >= 11 is 0. The van der Waals surface area contributed by atoms with E-state index >= 15 is 0 Å². The average molecular weight is 221 g/mol.